The zero-order chi connectivity index (χ0) is 26.6. The van der Waals surface area contributed by atoms with E-state index >= 15 is 0 Å². The third-order valence-corrected chi connectivity index (χ3v) is 7.80. The molecule has 12 heteroatoms. The molecule has 1 aromatic carbocycles. The average molecular weight is 525 g/mol. The number of aliphatic hydroxyl groups is 1. The van der Waals surface area contributed by atoms with Gasteiger partial charge in [0.2, 0.25) is 0 Å². The number of aliphatic hydroxyl groups excluding tert-OH is 1. The maximum Gasteiger partial charge on any atom is 0.380 e. The second-order valence-electron chi connectivity index (χ2n) is 9.27. The molecule has 1 saturated heterocycles. The van der Waals surface area contributed by atoms with Crippen LogP contribution >= 0.6 is 7.60 Å². The summed E-state index contributed by atoms with van der Waals surface area (Å²) in [5.74, 6) is -1.58. The lowest BCUT2D eigenvalue weighted by atomic mass is 10.0. The summed E-state index contributed by atoms with van der Waals surface area (Å²) in [6, 6.07) is 8.40. The van der Waals surface area contributed by atoms with Crippen molar-refractivity contribution in [2.45, 2.75) is 59.2 Å². The van der Waals surface area contributed by atoms with Gasteiger partial charge in [0.05, 0.1) is 30.9 Å². The van der Waals surface area contributed by atoms with Gasteiger partial charge < -0.3 is 19.1 Å². The van der Waals surface area contributed by atoms with Crippen LogP contribution in [0.25, 0.3) is 0 Å². The number of aromatic amines is 1. The van der Waals surface area contributed by atoms with Crippen LogP contribution in [0.3, 0.4) is 0 Å². The summed E-state index contributed by atoms with van der Waals surface area (Å²) in [7, 11) is -3.92. The van der Waals surface area contributed by atoms with E-state index in [-0.39, 0.29) is 18.9 Å². The highest BCUT2D eigenvalue weighted by Crippen LogP contribution is 2.51. The number of nitrogens with one attached hydrogen (secondary N) is 1. The number of nitrogens with zero attached hydrogens (tertiary/aromatic N) is 1. The smallest absolute Gasteiger partial charge is 0.380 e. The number of aromatic nitrogens is 2. The highest BCUT2D eigenvalue weighted by atomic mass is 31.2. The number of benzene rings is 1. The lowest BCUT2D eigenvalue weighted by Crippen LogP contribution is -2.35. The van der Waals surface area contributed by atoms with E-state index in [1.54, 1.807) is 65.0 Å². The largest absolute Gasteiger partial charge is 0.463 e. The summed E-state index contributed by atoms with van der Waals surface area (Å²) in [5.41, 5.74) is -0.874. The first-order chi connectivity index (χ1) is 16.9. The van der Waals surface area contributed by atoms with Gasteiger partial charge in [-0.05, 0) is 32.9 Å². The number of hydrogen-bond donors (Lipinski definition) is 2. The van der Waals surface area contributed by atoms with Crippen LogP contribution in [0.15, 0.2) is 46.1 Å². The Bertz CT molecular complexity index is 1210. The molecule has 2 heterocycles. The second-order valence-corrected chi connectivity index (χ2v) is 11.3. The summed E-state index contributed by atoms with van der Waals surface area (Å²) in [6.07, 6.45) is -2.13. The van der Waals surface area contributed by atoms with E-state index in [9.17, 15) is 24.1 Å². The molecule has 36 heavy (non-hydrogen) atoms. The van der Waals surface area contributed by atoms with Gasteiger partial charge in [-0.3, -0.25) is 23.7 Å². The number of aryl methyl sites for hydroxylation is 1. The van der Waals surface area contributed by atoms with Crippen molar-refractivity contribution in [3.05, 3.63) is 62.9 Å². The molecule has 3 rings (SSSR count). The summed E-state index contributed by atoms with van der Waals surface area (Å²) in [4.78, 5) is 38.6. The van der Waals surface area contributed by atoms with E-state index in [4.69, 9.17) is 18.5 Å². The third-order valence-electron chi connectivity index (χ3n) is 5.78. The van der Waals surface area contributed by atoms with Crippen LogP contribution in [-0.4, -0.2) is 51.7 Å². The molecule has 0 saturated carbocycles. The monoisotopic (exact) mass is 524 g/mol. The van der Waals surface area contributed by atoms with Crippen LogP contribution in [0.2, 0.25) is 0 Å². The molecule has 198 valence electrons. The number of ether oxygens (including phenoxy) is 2. The first-order valence-corrected chi connectivity index (χ1v) is 13.5. The Morgan fingerprint density at radius 3 is 2.53 bits per heavy atom. The minimum atomic E-state index is -3.92. The maximum atomic E-state index is 13.7. The van der Waals surface area contributed by atoms with Crippen molar-refractivity contribution in [1.82, 2.24) is 9.55 Å². The normalized spacial score (nSPS) is 24.3. The summed E-state index contributed by atoms with van der Waals surface area (Å²) in [5, 5.41) is 10.8. The van der Waals surface area contributed by atoms with Crippen LogP contribution in [0.5, 0.6) is 5.75 Å². The minimum Gasteiger partial charge on any atom is -0.463 e. The van der Waals surface area contributed by atoms with Crippen molar-refractivity contribution in [2.24, 2.45) is 11.8 Å². The van der Waals surface area contributed by atoms with E-state index < -0.39 is 55.1 Å². The predicted octanol–water partition coefficient (Wildman–Crippen LogP) is 2.62. The molecule has 11 nitrogen and oxygen atoms in total. The molecular weight excluding hydrogens is 491 g/mol. The number of H-pyrrole nitrogens is 1. The molecule has 1 aromatic heterocycles. The van der Waals surface area contributed by atoms with Crippen molar-refractivity contribution < 1.29 is 33.0 Å². The molecule has 2 unspecified atom stereocenters. The Balaban J connectivity index is 1.77. The minimum absolute atomic E-state index is 0.256. The van der Waals surface area contributed by atoms with Crippen LogP contribution < -0.4 is 15.8 Å². The highest BCUT2D eigenvalue weighted by Gasteiger charge is 2.44. The Kier molecular flexibility index (Phi) is 8.94. The van der Waals surface area contributed by atoms with Gasteiger partial charge in [-0.25, -0.2) is 9.36 Å². The van der Waals surface area contributed by atoms with Crippen LogP contribution in [0, 0.1) is 18.8 Å². The summed E-state index contributed by atoms with van der Waals surface area (Å²) < 4.78 is 37.5. The van der Waals surface area contributed by atoms with E-state index in [1.807, 2.05) is 0 Å². The van der Waals surface area contributed by atoms with E-state index in [0.29, 0.717) is 11.3 Å². The summed E-state index contributed by atoms with van der Waals surface area (Å²) >= 11 is 0. The number of esters is 1. The van der Waals surface area contributed by atoms with Crippen molar-refractivity contribution in [3.63, 3.8) is 0 Å². The van der Waals surface area contributed by atoms with E-state index in [2.05, 4.69) is 4.98 Å². The molecule has 0 aliphatic carbocycles. The van der Waals surface area contributed by atoms with Gasteiger partial charge in [-0.1, -0.05) is 32.0 Å². The number of para-hydroxylation sites is 1. The van der Waals surface area contributed by atoms with Gasteiger partial charge in [-0.2, -0.15) is 0 Å². The fourth-order valence-electron chi connectivity index (χ4n) is 3.83. The van der Waals surface area contributed by atoms with Crippen LogP contribution in [-0.2, 0) is 23.4 Å². The van der Waals surface area contributed by atoms with Crippen molar-refractivity contribution in [2.75, 3.05) is 12.8 Å². The number of carbonyl (C=O) groups excluding carboxylic acids is 1. The van der Waals surface area contributed by atoms with Crippen molar-refractivity contribution in [1.29, 1.82) is 0 Å². The highest BCUT2D eigenvalue weighted by molar-refractivity contribution is 7.54. The number of carbonyl (C=O) groups is 1. The van der Waals surface area contributed by atoms with Gasteiger partial charge in [0.1, 0.15) is 18.1 Å². The lowest BCUT2D eigenvalue weighted by Gasteiger charge is -2.24. The molecule has 0 amide bonds. The fraction of sp³-hybridized carbons (Fsp3) is 0.542. The zero-order valence-electron chi connectivity index (χ0n) is 21.0. The first-order valence-electron chi connectivity index (χ1n) is 11.7. The van der Waals surface area contributed by atoms with Crippen molar-refractivity contribution in [3.8, 4) is 5.75 Å². The Morgan fingerprint density at radius 2 is 1.89 bits per heavy atom. The predicted molar refractivity (Wildman–Crippen MR) is 131 cm³/mol. The molecule has 1 fully saturated rings. The van der Waals surface area contributed by atoms with Crippen molar-refractivity contribution >= 4 is 13.6 Å². The van der Waals surface area contributed by atoms with Gasteiger partial charge >= 0.3 is 19.3 Å². The van der Waals surface area contributed by atoms with Crippen LogP contribution in [0.1, 0.15) is 39.5 Å². The van der Waals surface area contributed by atoms with Gasteiger partial charge in [0, 0.05) is 17.7 Å². The fourth-order valence-corrected chi connectivity index (χ4v) is 5.70. The molecule has 2 N–H and O–H groups in total. The third kappa shape index (κ3) is 6.73. The van der Waals surface area contributed by atoms with E-state index in [0.717, 1.165) is 0 Å². The summed E-state index contributed by atoms with van der Waals surface area (Å²) in [6.45, 7) is 7.91. The molecule has 2 aromatic rings. The molecule has 1 aliphatic rings. The lowest BCUT2D eigenvalue weighted by molar-refractivity contribution is -0.151. The topological polar surface area (TPSA) is 146 Å². The molecule has 6 atom stereocenters. The van der Waals surface area contributed by atoms with E-state index in [1.165, 1.54) is 10.8 Å². The Hall–Kier alpha value is -2.72. The Labute approximate surface area is 208 Å². The molecular formula is C24H33N2O9P. The first kappa shape index (κ1) is 27.9. The molecule has 1 aliphatic heterocycles. The molecule has 0 bridgehead atoms. The molecule has 0 radical (unpaired) electrons. The SMILES string of the molecule is Cc1cn([C@H]2O[C@@H](COP(=O)(C[C@@H](C)C(=O)OC(C)C)Oc3ccccc3)C(O)[C@H]2C)c(=O)[nH]c1=O. The quantitative estimate of drug-likeness (QED) is 0.354. The second kappa shape index (κ2) is 11.6. The van der Waals surface area contributed by atoms with Gasteiger partial charge in [-0.15, -0.1) is 0 Å². The number of hydrogen-bond acceptors (Lipinski definition) is 9. The van der Waals surface area contributed by atoms with Gasteiger partial charge in [0.25, 0.3) is 5.56 Å². The standard InChI is InChI=1S/C24H33N2O9P/c1-14(2)33-23(29)16(4)13-36(31,35-18-9-7-6-8-10-18)32-12-19-20(27)17(5)22(34-19)26-11-15(3)21(28)25-24(26)30/h6-11,14,16-17,19-20,22,27H,12-13H2,1-5H3,(H,25,28,30)/t16-,17-,19+,20?,22+,36?/m1/s1. The number of rotatable bonds is 10. The maximum absolute atomic E-state index is 13.7. The van der Waals surface area contributed by atoms with Crippen LogP contribution in [0.4, 0.5) is 0 Å². The Morgan fingerprint density at radius 1 is 1.22 bits per heavy atom. The zero-order valence-corrected chi connectivity index (χ0v) is 21.8. The van der Waals surface area contributed by atoms with Gasteiger partial charge in [0.15, 0.2) is 0 Å². The molecule has 0 spiro atoms. The average Bonchev–Trinajstić information content (AvgIpc) is 3.08.